The average Bonchev–Trinajstić information content (AvgIpc) is 2.61. The molecular weight excluding hydrogens is 380 g/mol. The highest BCUT2D eigenvalue weighted by Crippen LogP contribution is 2.39. The predicted molar refractivity (Wildman–Crippen MR) is 104 cm³/mol. The number of aryl methyl sites for hydroxylation is 1. The van der Waals surface area contributed by atoms with Crippen LogP contribution in [0.2, 0.25) is 0 Å². The van der Waals surface area contributed by atoms with Crippen molar-refractivity contribution in [2.75, 3.05) is 7.11 Å². The molecule has 3 aromatic carbocycles. The van der Waals surface area contributed by atoms with Crippen LogP contribution in [-0.2, 0) is 11.2 Å². The van der Waals surface area contributed by atoms with Crippen LogP contribution in [0, 0.1) is 0 Å². The third-order valence-electron chi connectivity index (χ3n) is 4.27. The van der Waals surface area contributed by atoms with Gasteiger partial charge in [-0.1, -0.05) is 30.3 Å². The van der Waals surface area contributed by atoms with Crippen molar-refractivity contribution in [3.8, 4) is 22.6 Å². The zero-order valence-electron chi connectivity index (χ0n) is 14.2. The summed E-state index contributed by atoms with van der Waals surface area (Å²) < 4.78 is 6.21. The number of rotatable bonds is 5. The maximum atomic E-state index is 11.2. The molecule has 3 rings (SSSR count). The normalized spacial score (nSPS) is 10.8. The van der Waals surface area contributed by atoms with Crippen molar-refractivity contribution in [1.29, 1.82) is 0 Å². The topological polar surface area (TPSA) is 46.5 Å². The van der Waals surface area contributed by atoms with E-state index >= 15 is 0 Å². The van der Waals surface area contributed by atoms with Crippen LogP contribution in [0.5, 0.6) is 11.5 Å². The Balaban J connectivity index is 2.14. The lowest BCUT2D eigenvalue weighted by atomic mass is 9.95. The number of halogens is 1. The minimum atomic E-state index is 0.199. The molecule has 0 fully saturated rings. The van der Waals surface area contributed by atoms with E-state index in [-0.39, 0.29) is 11.5 Å². The number of phenolic OH excluding ortho intramolecular Hbond substituents is 1. The Kier molecular flexibility index (Phi) is 5.09. The monoisotopic (exact) mass is 398 g/mol. The number of Topliss-reactive ketones (excluding diaryl/α,β-unsaturated/α-hetero) is 1. The molecule has 0 heterocycles. The summed E-state index contributed by atoms with van der Waals surface area (Å²) >= 11 is 3.38. The number of aromatic hydroxyl groups is 1. The Morgan fingerprint density at radius 1 is 1.12 bits per heavy atom. The molecule has 0 spiro atoms. The first-order valence-corrected chi connectivity index (χ1v) is 8.87. The fourth-order valence-corrected chi connectivity index (χ4v) is 3.34. The van der Waals surface area contributed by atoms with Crippen molar-refractivity contribution < 1.29 is 14.6 Å². The van der Waals surface area contributed by atoms with Gasteiger partial charge in [-0.3, -0.25) is 0 Å². The summed E-state index contributed by atoms with van der Waals surface area (Å²) in [4.78, 5) is 11.2. The number of benzene rings is 3. The lowest BCUT2D eigenvalue weighted by molar-refractivity contribution is -0.116. The second-order valence-corrected chi connectivity index (χ2v) is 6.92. The summed E-state index contributed by atoms with van der Waals surface area (Å²) in [6.07, 6.45) is 1.30. The summed E-state index contributed by atoms with van der Waals surface area (Å²) in [6, 6.07) is 15.7. The maximum absolute atomic E-state index is 11.2. The number of hydrogen-bond donors (Lipinski definition) is 1. The SMILES string of the molecule is COc1ccc2cc(CCC(C)=O)ccc2c1-c1ccc(O)c(Br)c1. The Bertz CT molecular complexity index is 947. The third kappa shape index (κ3) is 3.69. The molecule has 1 N–H and O–H groups in total. The molecule has 0 amide bonds. The average molecular weight is 399 g/mol. The molecule has 3 nitrogen and oxygen atoms in total. The standard InChI is InChI=1S/C21H19BrO3/c1-13(23)3-4-14-5-8-17-15(11-14)7-10-20(25-2)21(17)16-6-9-19(24)18(22)12-16/h5-12,24H,3-4H2,1-2H3. The van der Waals surface area contributed by atoms with Crippen molar-refractivity contribution in [1.82, 2.24) is 0 Å². The van der Waals surface area contributed by atoms with Gasteiger partial charge in [0, 0.05) is 12.0 Å². The zero-order chi connectivity index (χ0) is 18.0. The van der Waals surface area contributed by atoms with E-state index in [0.29, 0.717) is 10.9 Å². The summed E-state index contributed by atoms with van der Waals surface area (Å²) in [7, 11) is 1.65. The molecule has 25 heavy (non-hydrogen) atoms. The molecule has 0 aliphatic carbocycles. The van der Waals surface area contributed by atoms with Crippen LogP contribution >= 0.6 is 15.9 Å². The van der Waals surface area contributed by atoms with Gasteiger partial charge in [-0.05, 0) is 69.4 Å². The number of carbonyl (C=O) groups is 1. The number of methoxy groups -OCH3 is 1. The Labute approximate surface area is 155 Å². The molecule has 0 aliphatic rings. The van der Waals surface area contributed by atoms with Crippen molar-refractivity contribution in [3.63, 3.8) is 0 Å². The minimum absolute atomic E-state index is 0.199. The Morgan fingerprint density at radius 3 is 2.60 bits per heavy atom. The predicted octanol–water partition coefficient (Wildman–Crippen LogP) is 5.51. The van der Waals surface area contributed by atoms with E-state index in [2.05, 4.69) is 34.1 Å². The fourth-order valence-electron chi connectivity index (χ4n) is 2.97. The Morgan fingerprint density at radius 2 is 1.92 bits per heavy atom. The van der Waals surface area contributed by atoms with Crippen LogP contribution in [0.1, 0.15) is 18.9 Å². The van der Waals surface area contributed by atoms with Gasteiger partial charge >= 0.3 is 0 Å². The molecule has 0 aliphatic heterocycles. The molecule has 4 heteroatoms. The van der Waals surface area contributed by atoms with E-state index in [4.69, 9.17) is 4.74 Å². The van der Waals surface area contributed by atoms with Gasteiger partial charge in [0.15, 0.2) is 0 Å². The first kappa shape index (κ1) is 17.5. The number of ether oxygens (including phenoxy) is 1. The molecule has 0 bridgehead atoms. The van der Waals surface area contributed by atoms with Crippen LogP contribution < -0.4 is 4.74 Å². The molecular formula is C21H19BrO3. The molecule has 0 aromatic heterocycles. The van der Waals surface area contributed by atoms with Gasteiger partial charge in [0.1, 0.15) is 17.3 Å². The molecule has 128 valence electrons. The van der Waals surface area contributed by atoms with Gasteiger partial charge in [0.2, 0.25) is 0 Å². The van der Waals surface area contributed by atoms with Crippen molar-refractivity contribution >= 4 is 32.5 Å². The lowest BCUT2D eigenvalue weighted by Gasteiger charge is -2.14. The van der Waals surface area contributed by atoms with E-state index in [1.165, 1.54) is 0 Å². The second-order valence-electron chi connectivity index (χ2n) is 6.07. The van der Waals surface area contributed by atoms with Gasteiger partial charge in [0.05, 0.1) is 11.6 Å². The number of phenols is 1. The van der Waals surface area contributed by atoms with Gasteiger partial charge in [-0.25, -0.2) is 0 Å². The fraction of sp³-hybridized carbons (Fsp3) is 0.190. The van der Waals surface area contributed by atoms with Crippen molar-refractivity contribution in [2.24, 2.45) is 0 Å². The Hall–Kier alpha value is -2.33. The van der Waals surface area contributed by atoms with Gasteiger partial charge in [-0.15, -0.1) is 0 Å². The van der Waals surface area contributed by atoms with E-state index in [1.54, 1.807) is 20.1 Å². The van der Waals surface area contributed by atoms with Crippen molar-refractivity contribution in [3.05, 3.63) is 58.6 Å². The highest BCUT2D eigenvalue weighted by Gasteiger charge is 2.13. The molecule has 0 radical (unpaired) electrons. The quantitative estimate of drug-likeness (QED) is 0.616. The molecule has 0 saturated carbocycles. The van der Waals surface area contributed by atoms with E-state index in [0.717, 1.165) is 39.6 Å². The van der Waals surface area contributed by atoms with E-state index < -0.39 is 0 Å². The van der Waals surface area contributed by atoms with Gasteiger partial charge in [-0.2, -0.15) is 0 Å². The summed E-state index contributed by atoms with van der Waals surface area (Å²) in [5.74, 6) is 1.18. The van der Waals surface area contributed by atoms with E-state index in [9.17, 15) is 9.90 Å². The number of fused-ring (bicyclic) bond motifs is 1. The smallest absolute Gasteiger partial charge is 0.130 e. The van der Waals surface area contributed by atoms with Crippen molar-refractivity contribution in [2.45, 2.75) is 19.8 Å². The van der Waals surface area contributed by atoms with Crippen LogP contribution in [0.3, 0.4) is 0 Å². The highest BCUT2D eigenvalue weighted by atomic mass is 79.9. The zero-order valence-corrected chi connectivity index (χ0v) is 15.8. The highest BCUT2D eigenvalue weighted by molar-refractivity contribution is 9.10. The number of hydrogen-bond acceptors (Lipinski definition) is 3. The molecule has 0 unspecified atom stereocenters. The largest absolute Gasteiger partial charge is 0.507 e. The maximum Gasteiger partial charge on any atom is 0.130 e. The first-order chi connectivity index (χ1) is 12.0. The summed E-state index contributed by atoms with van der Waals surface area (Å²) in [6.45, 7) is 1.62. The number of carbonyl (C=O) groups excluding carboxylic acids is 1. The van der Waals surface area contributed by atoms with Gasteiger partial charge < -0.3 is 14.6 Å². The molecule has 0 saturated heterocycles. The lowest BCUT2D eigenvalue weighted by Crippen LogP contribution is -1.95. The number of ketones is 1. The second kappa shape index (κ2) is 7.28. The molecule has 3 aromatic rings. The van der Waals surface area contributed by atoms with E-state index in [1.807, 2.05) is 24.3 Å². The third-order valence-corrected chi connectivity index (χ3v) is 4.90. The first-order valence-electron chi connectivity index (χ1n) is 8.07. The van der Waals surface area contributed by atoms with Crippen LogP contribution in [0.25, 0.3) is 21.9 Å². The van der Waals surface area contributed by atoms with Crippen LogP contribution in [0.4, 0.5) is 0 Å². The summed E-state index contributed by atoms with van der Waals surface area (Å²) in [5.41, 5.74) is 3.09. The minimum Gasteiger partial charge on any atom is -0.507 e. The summed E-state index contributed by atoms with van der Waals surface area (Å²) in [5, 5.41) is 11.9. The van der Waals surface area contributed by atoms with Crippen LogP contribution in [-0.4, -0.2) is 18.0 Å². The van der Waals surface area contributed by atoms with Crippen LogP contribution in [0.15, 0.2) is 53.0 Å². The molecule has 0 atom stereocenters. The van der Waals surface area contributed by atoms with Gasteiger partial charge in [0.25, 0.3) is 0 Å².